The van der Waals surface area contributed by atoms with E-state index in [9.17, 15) is 4.79 Å². The second-order valence-electron chi connectivity index (χ2n) is 5.20. The minimum atomic E-state index is 0.261. The molecule has 0 atom stereocenters. The van der Waals surface area contributed by atoms with Gasteiger partial charge in [0.2, 0.25) is 5.91 Å². The molecule has 0 unspecified atom stereocenters. The monoisotopic (exact) mass is 255 g/mol. The summed E-state index contributed by atoms with van der Waals surface area (Å²) in [5.41, 5.74) is 5.94. The summed E-state index contributed by atoms with van der Waals surface area (Å²) in [5, 5.41) is 0. The van der Waals surface area contributed by atoms with Gasteiger partial charge in [-0.3, -0.25) is 9.69 Å². The molecule has 0 aliphatic heterocycles. The van der Waals surface area contributed by atoms with Crippen LogP contribution in [0.15, 0.2) is 0 Å². The smallest absolute Gasteiger partial charge is 0.236 e. The minimum Gasteiger partial charge on any atom is -0.342 e. The molecule has 4 heteroatoms. The number of rotatable bonds is 6. The second kappa shape index (κ2) is 7.74. The summed E-state index contributed by atoms with van der Waals surface area (Å²) >= 11 is 0. The summed E-state index contributed by atoms with van der Waals surface area (Å²) < 4.78 is 0. The summed E-state index contributed by atoms with van der Waals surface area (Å²) in [5.74, 6) is 0.261. The number of hydrogen-bond donors (Lipinski definition) is 1. The van der Waals surface area contributed by atoms with Gasteiger partial charge < -0.3 is 10.6 Å². The maximum absolute atomic E-state index is 12.1. The van der Waals surface area contributed by atoms with Crippen LogP contribution >= 0.6 is 0 Å². The Morgan fingerprint density at radius 2 is 1.61 bits per heavy atom. The van der Waals surface area contributed by atoms with Crippen LogP contribution in [0.25, 0.3) is 0 Å². The van der Waals surface area contributed by atoms with Gasteiger partial charge in [-0.1, -0.05) is 6.92 Å². The molecule has 2 N–H and O–H groups in total. The highest BCUT2D eigenvalue weighted by atomic mass is 16.2. The number of nitrogens with zero attached hydrogens (tertiary/aromatic N) is 2. The van der Waals surface area contributed by atoms with E-state index < -0.39 is 0 Å². The Morgan fingerprint density at radius 3 is 2.06 bits per heavy atom. The molecule has 0 spiro atoms. The number of amides is 1. The van der Waals surface area contributed by atoms with Crippen molar-refractivity contribution in [3.63, 3.8) is 0 Å². The maximum Gasteiger partial charge on any atom is 0.236 e. The molecule has 0 radical (unpaired) electrons. The predicted octanol–water partition coefficient (Wildman–Crippen LogP) is 1.45. The Morgan fingerprint density at radius 1 is 1.06 bits per heavy atom. The lowest BCUT2D eigenvalue weighted by molar-refractivity contribution is -0.132. The molecule has 1 aliphatic rings. The van der Waals surface area contributed by atoms with E-state index in [2.05, 4.69) is 11.8 Å². The molecule has 0 aromatic rings. The molecular weight excluding hydrogens is 226 g/mol. The molecule has 0 bridgehead atoms. The van der Waals surface area contributed by atoms with E-state index in [0.717, 1.165) is 45.3 Å². The van der Waals surface area contributed by atoms with E-state index in [-0.39, 0.29) is 5.91 Å². The molecule has 0 aromatic heterocycles. The molecule has 0 saturated heterocycles. The Kier molecular flexibility index (Phi) is 6.65. The number of hydrogen-bond acceptors (Lipinski definition) is 3. The molecule has 106 valence electrons. The van der Waals surface area contributed by atoms with Gasteiger partial charge in [0.05, 0.1) is 6.54 Å². The van der Waals surface area contributed by atoms with Gasteiger partial charge in [-0.2, -0.15) is 0 Å². The van der Waals surface area contributed by atoms with E-state index in [4.69, 9.17) is 5.73 Å². The Labute approximate surface area is 111 Å². The number of carbonyl (C=O) groups is 1. The standard InChI is InChI=1S/C14H29N3O/c1-4-16(5-2)14(18)11-17(6-3)13-9-7-12(15)8-10-13/h12-13H,4-11,15H2,1-3H3. The van der Waals surface area contributed by atoms with E-state index >= 15 is 0 Å². The lowest BCUT2D eigenvalue weighted by Gasteiger charge is -2.36. The van der Waals surface area contributed by atoms with Gasteiger partial charge in [0.1, 0.15) is 0 Å². The van der Waals surface area contributed by atoms with Crippen LogP contribution in [0.3, 0.4) is 0 Å². The second-order valence-corrected chi connectivity index (χ2v) is 5.20. The Hall–Kier alpha value is -0.610. The van der Waals surface area contributed by atoms with Gasteiger partial charge in [0.25, 0.3) is 0 Å². The van der Waals surface area contributed by atoms with Crippen LogP contribution in [0.5, 0.6) is 0 Å². The van der Waals surface area contributed by atoms with Gasteiger partial charge in [-0.05, 0) is 46.1 Å². The van der Waals surface area contributed by atoms with Crippen molar-refractivity contribution in [3.8, 4) is 0 Å². The van der Waals surface area contributed by atoms with Crippen LogP contribution in [-0.2, 0) is 4.79 Å². The van der Waals surface area contributed by atoms with Crippen molar-refractivity contribution in [1.29, 1.82) is 0 Å². The summed E-state index contributed by atoms with van der Waals surface area (Å²) in [6, 6.07) is 0.924. The quantitative estimate of drug-likeness (QED) is 0.781. The van der Waals surface area contributed by atoms with Crippen LogP contribution in [-0.4, -0.2) is 54.0 Å². The first-order chi connectivity index (χ1) is 8.62. The third-order valence-electron chi connectivity index (χ3n) is 4.12. The lowest BCUT2D eigenvalue weighted by atomic mass is 9.90. The van der Waals surface area contributed by atoms with E-state index in [1.807, 2.05) is 18.7 Å². The molecular formula is C14H29N3O. The molecule has 1 fully saturated rings. The average molecular weight is 255 g/mol. The van der Waals surface area contributed by atoms with Gasteiger partial charge in [-0.25, -0.2) is 0 Å². The van der Waals surface area contributed by atoms with Crippen LogP contribution in [0, 0.1) is 0 Å². The molecule has 0 aromatic carbocycles. The molecule has 0 heterocycles. The number of likely N-dealkylation sites (N-methyl/N-ethyl adjacent to an activating group) is 2. The zero-order chi connectivity index (χ0) is 13.5. The van der Waals surface area contributed by atoms with Crippen molar-refractivity contribution in [3.05, 3.63) is 0 Å². The first-order valence-electron chi connectivity index (χ1n) is 7.39. The molecule has 4 nitrogen and oxygen atoms in total. The van der Waals surface area contributed by atoms with Gasteiger partial charge >= 0.3 is 0 Å². The van der Waals surface area contributed by atoms with Crippen molar-refractivity contribution < 1.29 is 4.79 Å². The van der Waals surface area contributed by atoms with Crippen LogP contribution in [0.2, 0.25) is 0 Å². The van der Waals surface area contributed by atoms with Crippen LogP contribution < -0.4 is 5.73 Å². The average Bonchev–Trinajstić information content (AvgIpc) is 2.38. The summed E-state index contributed by atoms with van der Waals surface area (Å²) in [4.78, 5) is 16.4. The summed E-state index contributed by atoms with van der Waals surface area (Å²) in [7, 11) is 0. The SMILES string of the molecule is CCN(CC)C(=O)CN(CC)C1CCC(N)CC1. The highest BCUT2D eigenvalue weighted by Crippen LogP contribution is 2.21. The summed E-state index contributed by atoms with van der Waals surface area (Å²) in [6.07, 6.45) is 4.47. The van der Waals surface area contributed by atoms with Crippen LogP contribution in [0.1, 0.15) is 46.5 Å². The fourth-order valence-corrected chi connectivity index (χ4v) is 2.82. The highest BCUT2D eigenvalue weighted by Gasteiger charge is 2.25. The van der Waals surface area contributed by atoms with E-state index in [0.29, 0.717) is 18.6 Å². The largest absolute Gasteiger partial charge is 0.342 e. The van der Waals surface area contributed by atoms with Crippen molar-refractivity contribution in [1.82, 2.24) is 9.80 Å². The predicted molar refractivity (Wildman–Crippen MR) is 75.4 cm³/mol. The lowest BCUT2D eigenvalue weighted by Crippen LogP contribution is -2.46. The fraction of sp³-hybridized carbons (Fsp3) is 0.929. The van der Waals surface area contributed by atoms with Crippen molar-refractivity contribution >= 4 is 5.91 Å². The third-order valence-corrected chi connectivity index (χ3v) is 4.12. The summed E-state index contributed by atoms with van der Waals surface area (Å²) in [6.45, 7) is 9.36. The Bertz CT molecular complexity index is 245. The zero-order valence-corrected chi connectivity index (χ0v) is 12.2. The normalized spacial score (nSPS) is 24.3. The zero-order valence-electron chi connectivity index (χ0n) is 12.2. The molecule has 1 aliphatic carbocycles. The topological polar surface area (TPSA) is 49.6 Å². The third kappa shape index (κ3) is 4.25. The van der Waals surface area contributed by atoms with E-state index in [1.165, 1.54) is 0 Å². The molecule has 1 rings (SSSR count). The van der Waals surface area contributed by atoms with Crippen molar-refractivity contribution in [2.24, 2.45) is 5.73 Å². The fourth-order valence-electron chi connectivity index (χ4n) is 2.82. The number of nitrogens with two attached hydrogens (primary N) is 1. The van der Waals surface area contributed by atoms with Crippen molar-refractivity contribution in [2.45, 2.75) is 58.5 Å². The minimum absolute atomic E-state index is 0.261. The van der Waals surface area contributed by atoms with Gasteiger partial charge in [-0.15, -0.1) is 0 Å². The number of carbonyl (C=O) groups excluding carboxylic acids is 1. The first kappa shape index (κ1) is 15.4. The van der Waals surface area contributed by atoms with Crippen LogP contribution in [0.4, 0.5) is 0 Å². The highest BCUT2D eigenvalue weighted by molar-refractivity contribution is 5.78. The maximum atomic E-state index is 12.1. The molecule has 18 heavy (non-hydrogen) atoms. The van der Waals surface area contributed by atoms with Gasteiger partial charge in [0, 0.05) is 25.2 Å². The van der Waals surface area contributed by atoms with E-state index in [1.54, 1.807) is 0 Å². The molecule has 1 saturated carbocycles. The van der Waals surface area contributed by atoms with Gasteiger partial charge in [0.15, 0.2) is 0 Å². The van der Waals surface area contributed by atoms with Crippen molar-refractivity contribution in [2.75, 3.05) is 26.2 Å². The molecule has 1 amide bonds. The first-order valence-corrected chi connectivity index (χ1v) is 7.39. The Balaban J connectivity index is 2.48.